The highest BCUT2D eigenvalue weighted by atomic mass is 32.2. The quantitative estimate of drug-likeness (QED) is 0.454. The number of rotatable bonds is 7. The highest BCUT2D eigenvalue weighted by Gasteiger charge is 2.35. The number of sulfonamides is 1. The zero-order chi connectivity index (χ0) is 26.0. The second-order valence-electron chi connectivity index (χ2n) is 9.00. The second-order valence-corrected chi connectivity index (χ2v) is 12.1. The van der Waals surface area contributed by atoms with Gasteiger partial charge in [0.25, 0.3) is 15.9 Å². The monoisotopic (exact) mass is 541 g/mol. The molecule has 2 aliphatic heterocycles. The van der Waals surface area contributed by atoms with Crippen LogP contribution in [0.15, 0.2) is 74.9 Å². The molecule has 5 rings (SSSR count). The fraction of sp³-hybridized carbons (Fsp3) is 0.308. The minimum Gasteiger partial charge on any atom is -0.467 e. The Morgan fingerprint density at radius 1 is 1.11 bits per heavy atom. The molecule has 1 aromatic carbocycles. The number of nitrogens with one attached hydrogen (secondary N) is 1. The molecule has 2 aromatic heterocycles. The van der Waals surface area contributed by atoms with E-state index in [-0.39, 0.29) is 13.1 Å². The van der Waals surface area contributed by atoms with Crippen LogP contribution in [0, 0.1) is 12.8 Å². The molecule has 4 heterocycles. The van der Waals surface area contributed by atoms with E-state index in [0.29, 0.717) is 22.8 Å². The van der Waals surface area contributed by atoms with Gasteiger partial charge in [0.2, 0.25) is 0 Å². The number of ether oxygens (including phenoxy) is 1. The van der Waals surface area contributed by atoms with Crippen molar-refractivity contribution in [2.75, 3.05) is 19.7 Å². The Kier molecular flexibility index (Phi) is 7.18. The van der Waals surface area contributed by atoms with Crippen LogP contribution in [-0.4, -0.2) is 49.3 Å². The Bertz CT molecular complexity index is 1370. The van der Waals surface area contributed by atoms with Gasteiger partial charge in [0.1, 0.15) is 16.0 Å². The van der Waals surface area contributed by atoms with Crippen molar-refractivity contribution < 1.29 is 27.2 Å². The Morgan fingerprint density at radius 3 is 2.51 bits per heavy atom. The van der Waals surface area contributed by atoms with Gasteiger partial charge in [-0.05, 0) is 55.0 Å². The SMILES string of the molecule is Cc1ccc(C2=C[C@H](c3ccco3)N(C(=O)COC(=O)C3CCN(S(=O)(=O)c4cccs4)CC3)N2)cc1. The van der Waals surface area contributed by atoms with Gasteiger partial charge in [-0.15, -0.1) is 11.3 Å². The summed E-state index contributed by atoms with van der Waals surface area (Å²) < 4.78 is 38.0. The van der Waals surface area contributed by atoms with E-state index in [2.05, 4.69) is 5.43 Å². The van der Waals surface area contributed by atoms with Crippen LogP contribution in [0.1, 0.15) is 35.8 Å². The maximum absolute atomic E-state index is 13.1. The van der Waals surface area contributed by atoms with Crippen LogP contribution in [-0.2, 0) is 24.3 Å². The third-order valence-corrected chi connectivity index (χ3v) is 9.80. The maximum Gasteiger partial charge on any atom is 0.309 e. The lowest BCUT2D eigenvalue weighted by atomic mass is 9.98. The minimum absolute atomic E-state index is 0.228. The topological polar surface area (TPSA) is 109 Å². The van der Waals surface area contributed by atoms with Crippen molar-refractivity contribution >= 4 is 38.9 Å². The number of carbonyl (C=O) groups is 2. The Morgan fingerprint density at radius 2 is 1.86 bits per heavy atom. The molecule has 0 saturated carbocycles. The summed E-state index contributed by atoms with van der Waals surface area (Å²) in [5.41, 5.74) is 5.92. The van der Waals surface area contributed by atoms with Crippen molar-refractivity contribution in [2.45, 2.75) is 30.0 Å². The summed E-state index contributed by atoms with van der Waals surface area (Å²) in [4.78, 5) is 25.8. The van der Waals surface area contributed by atoms with Crippen LogP contribution in [0.25, 0.3) is 5.70 Å². The van der Waals surface area contributed by atoms with Gasteiger partial charge >= 0.3 is 5.97 Å². The smallest absolute Gasteiger partial charge is 0.309 e. The number of carbonyl (C=O) groups excluding carboxylic acids is 2. The first-order chi connectivity index (χ1) is 17.8. The molecule has 0 radical (unpaired) electrons. The van der Waals surface area contributed by atoms with Crippen LogP contribution >= 0.6 is 11.3 Å². The molecule has 37 heavy (non-hydrogen) atoms. The lowest BCUT2D eigenvalue weighted by Gasteiger charge is -2.30. The van der Waals surface area contributed by atoms with E-state index in [0.717, 1.165) is 16.8 Å². The number of benzene rings is 1. The third-order valence-electron chi connectivity index (χ3n) is 6.52. The molecule has 1 N–H and O–H groups in total. The Hall–Kier alpha value is -3.41. The lowest BCUT2D eigenvalue weighted by molar-refractivity contribution is -0.157. The van der Waals surface area contributed by atoms with Crippen LogP contribution < -0.4 is 5.43 Å². The van der Waals surface area contributed by atoms with E-state index < -0.39 is 40.5 Å². The summed E-state index contributed by atoms with van der Waals surface area (Å²) in [6.07, 6.45) is 4.12. The van der Waals surface area contributed by atoms with Gasteiger partial charge in [-0.1, -0.05) is 35.9 Å². The second kappa shape index (κ2) is 10.5. The summed E-state index contributed by atoms with van der Waals surface area (Å²) in [5.74, 6) is -0.808. The standard InChI is InChI=1S/C26H27N3O6S2/c1-18-6-8-19(9-7-18)21-16-22(23-4-2-14-34-23)29(27-21)24(30)17-35-26(31)20-10-12-28(13-11-20)37(32,33)25-5-3-15-36-25/h2-9,14-16,20,22,27H,10-13,17H2,1H3/t22-/m1/s1. The van der Waals surface area contributed by atoms with Gasteiger partial charge in [0.15, 0.2) is 6.61 Å². The first-order valence-corrected chi connectivity index (χ1v) is 14.3. The largest absolute Gasteiger partial charge is 0.467 e. The average Bonchev–Trinajstić information content (AvgIpc) is 3.69. The normalized spacial score (nSPS) is 18.9. The van der Waals surface area contributed by atoms with E-state index in [4.69, 9.17) is 9.15 Å². The van der Waals surface area contributed by atoms with Crippen LogP contribution in [0.3, 0.4) is 0 Å². The molecule has 1 fully saturated rings. The van der Waals surface area contributed by atoms with Crippen molar-refractivity contribution in [1.82, 2.24) is 14.7 Å². The van der Waals surface area contributed by atoms with Gasteiger partial charge in [-0.2, -0.15) is 4.31 Å². The molecule has 1 atom stereocenters. The van der Waals surface area contributed by atoms with Crippen molar-refractivity contribution in [3.05, 3.63) is 83.1 Å². The molecular weight excluding hydrogens is 514 g/mol. The van der Waals surface area contributed by atoms with E-state index in [9.17, 15) is 18.0 Å². The molecule has 0 unspecified atom stereocenters. The van der Waals surface area contributed by atoms with E-state index in [1.807, 2.05) is 37.3 Å². The zero-order valence-corrected chi connectivity index (χ0v) is 21.8. The number of amides is 1. The predicted molar refractivity (Wildman–Crippen MR) is 137 cm³/mol. The number of esters is 1. The number of piperidine rings is 1. The van der Waals surface area contributed by atoms with Crippen LogP contribution in [0.5, 0.6) is 0 Å². The van der Waals surface area contributed by atoms with E-state index >= 15 is 0 Å². The first-order valence-electron chi connectivity index (χ1n) is 11.9. The molecule has 9 nitrogen and oxygen atoms in total. The zero-order valence-electron chi connectivity index (χ0n) is 20.2. The van der Waals surface area contributed by atoms with Crippen molar-refractivity contribution in [1.29, 1.82) is 0 Å². The number of aryl methyl sites for hydroxylation is 1. The molecule has 1 saturated heterocycles. The van der Waals surface area contributed by atoms with Crippen molar-refractivity contribution in [3.8, 4) is 0 Å². The number of thiophene rings is 1. The van der Waals surface area contributed by atoms with Crippen LogP contribution in [0.4, 0.5) is 0 Å². The molecular formula is C26H27N3O6S2. The van der Waals surface area contributed by atoms with E-state index in [1.54, 1.807) is 35.9 Å². The number of hydrazine groups is 1. The summed E-state index contributed by atoms with van der Waals surface area (Å²) in [6.45, 7) is 2.02. The number of furan rings is 1. The third kappa shape index (κ3) is 5.34. The molecule has 194 valence electrons. The minimum atomic E-state index is -3.55. The Balaban J connectivity index is 1.18. The molecule has 11 heteroatoms. The van der Waals surface area contributed by atoms with Gasteiger partial charge < -0.3 is 9.15 Å². The molecule has 1 amide bonds. The molecule has 0 aliphatic carbocycles. The maximum atomic E-state index is 13.1. The van der Waals surface area contributed by atoms with Gasteiger partial charge in [-0.25, -0.2) is 13.4 Å². The number of hydrogen-bond acceptors (Lipinski definition) is 8. The molecule has 0 bridgehead atoms. The van der Waals surface area contributed by atoms with Crippen molar-refractivity contribution in [2.24, 2.45) is 5.92 Å². The fourth-order valence-corrected chi connectivity index (χ4v) is 7.05. The Labute approximate surface area is 219 Å². The van der Waals surface area contributed by atoms with Gasteiger partial charge in [-0.3, -0.25) is 15.0 Å². The highest BCUT2D eigenvalue weighted by Crippen LogP contribution is 2.32. The van der Waals surface area contributed by atoms with Gasteiger partial charge in [0, 0.05) is 13.1 Å². The predicted octanol–water partition coefficient (Wildman–Crippen LogP) is 3.72. The average molecular weight is 542 g/mol. The number of hydrogen-bond donors (Lipinski definition) is 1. The first kappa shape index (κ1) is 25.2. The van der Waals surface area contributed by atoms with Gasteiger partial charge in [0.05, 0.1) is 17.9 Å². The van der Waals surface area contributed by atoms with Crippen LogP contribution in [0.2, 0.25) is 0 Å². The highest BCUT2D eigenvalue weighted by molar-refractivity contribution is 7.91. The number of nitrogens with zero attached hydrogens (tertiary/aromatic N) is 2. The molecule has 2 aliphatic rings. The summed E-state index contributed by atoms with van der Waals surface area (Å²) in [6, 6.07) is 14.2. The van der Waals surface area contributed by atoms with E-state index in [1.165, 1.54) is 20.7 Å². The fourth-order valence-electron chi connectivity index (χ4n) is 4.44. The summed E-state index contributed by atoms with van der Waals surface area (Å²) in [7, 11) is -3.55. The lowest BCUT2D eigenvalue weighted by Crippen LogP contribution is -2.43. The summed E-state index contributed by atoms with van der Waals surface area (Å²) >= 11 is 1.17. The molecule has 3 aromatic rings. The summed E-state index contributed by atoms with van der Waals surface area (Å²) in [5, 5.41) is 3.12. The molecule has 0 spiro atoms. The van der Waals surface area contributed by atoms with Crippen molar-refractivity contribution in [3.63, 3.8) is 0 Å².